The number of carboxylic acids is 1. The molecule has 4 N–H and O–H groups in total. The molecule has 9 nitrogen and oxygen atoms in total. The predicted octanol–water partition coefficient (Wildman–Crippen LogP) is 3.51. The quantitative estimate of drug-likeness (QED) is 0.376. The van der Waals surface area contributed by atoms with Gasteiger partial charge in [0.1, 0.15) is 6.04 Å². The lowest BCUT2D eigenvalue weighted by Crippen LogP contribution is -2.35. The average molecular weight is 520 g/mol. The zero-order valence-electron chi connectivity index (χ0n) is 20.0. The lowest BCUT2D eigenvalue weighted by Gasteiger charge is -2.20. The third-order valence-corrected chi connectivity index (χ3v) is 5.93. The van der Waals surface area contributed by atoms with Gasteiger partial charge in [0.2, 0.25) is 5.91 Å². The monoisotopic (exact) mass is 519 g/mol. The molecule has 1 aromatic carbocycles. The molecule has 1 aliphatic rings. The molecule has 0 spiro atoms. The van der Waals surface area contributed by atoms with Crippen LogP contribution >= 0.6 is 0 Å². The maximum Gasteiger partial charge on any atom is 0.490 e. The van der Waals surface area contributed by atoms with Gasteiger partial charge in [0, 0.05) is 48.1 Å². The first-order valence-corrected chi connectivity index (χ1v) is 11.6. The molecule has 0 saturated carbocycles. The van der Waals surface area contributed by atoms with Crippen molar-refractivity contribution in [2.75, 3.05) is 5.32 Å². The van der Waals surface area contributed by atoms with Crippen LogP contribution in [0.25, 0.3) is 0 Å². The number of anilines is 1. The van der Waals surface area contributed by atoms with E-state index in [0.717, 1.165) is 30.5 Å². The number of nitrogens with one attached hydrogen (secondary N) is 2. The number of aliphatic carboxylic acids is 1. The van der Waals surface area contributed by atoms with Gasteiger partial charge in [0.05, 0.1) is 6.10 Å². The first kappa shape index (κ1) is 27.8. The minimum atomic E-state index is -5.08. The number of halogens is 3. The molecule has 3 heterocycles. The van der Waals surface area contributed by atoms with Gasteiger partial charge < -0.3 is 20.8 Å². The number of carbonyl (C=O) groups is 2. The highest BCUT2D eigenvalue weighted by atomic mass is 19.4. The molecule has 1 saturated heterocycles. The van der Waals surface area contributed by atoms with E-state index in [-0.39, 0.29) is 18.0 Å². The SMILES string of the molecule is CC(C(=O)Nc1ccc(C[C@@H]2CC[C@H]([C@H](O)c3cccnc3)N2)cc1)n1cccn1.O=C(O)C(F)(F)F. The van der Waals surface area contributed by atoms with Crippen LogP contribution in [0.15, 0.2) is 67.3 Å². The molecule has 1 fully saturated rings. The number of carboxylic acid groups (broad SMARTS) is 1. The van der Waals surface area contributed by atoms with E-state index in [4.69, 9.17) is 9.90 Å². The smallest absolute Gasteiger partial charge is 0.475 e. The molecular weight excluding hydrogens is 491 g/mol. The number of amides is 1. The van der Waals surface area contributed by atoms with Crippen LogP contribution in [0.1, 0.15) is 43.0 Å². The number of aromatic nitrogens is 3. The number of hydrogen-bond acceptors (Lipinski definition) is 6. The van der Waals surface area contributed by atoms with E-state index in [9.17, 15) is 23.1 Å². The fraction of sp³-hybridized carbons (Fsp3) is 0.360. The molecule has 12 heteroatoms. The Hall–Kier alpha value is -3.77. The van der Waals surface area contributed by atoms with Crippen molar-refractivity contribution in [3.8, 4) is 0 Å². The molecule has 0 radical (unpaired) electrons. The van der Waals surface area contributed by atoms with Gasteiger partial charge in [-0.15, -0.1) is 0 Å². The Morgan fingerprint density at radius 2 is 1.86 bits per heavy atom. The molecule has 0 aliphatic carbocycles. The molecule has 1 aliphatic heterocycles. The average Bonchev–Trinajstić information content (AvgIpc) is 3.57. The summed E-state index contributed by atoms with van der Waals surface area (Å²) in [5.41, 5.74) is 2.81. The van der Waals surface area contributed by atoms with Crippen LogP contribution in [0.3, 0.4) is 0 Å². The van der Waals surface area contributed by atoms with Gasteiger partial charge in [-0.1, -0.05) is 18.2 Å². The number of rotatable bonds is 7. The minimum absolute atomic E-state index is 0.0431. The topological polar surface area (TPSA) is 129 Å². The largest absolute Gasteiger partial charge is 0.490 e. The highest BCUT2D eigenvalue weighted by Crippen LogP contribution is 2.26. The van der Waals surface area contributed by atoms with Gasteiger partial charge in [-0.2, -0.15) is 18.3 Å². The van der Waals surface area contributed by atoms with Gasteiger partial charge in [-0.05, 0) is 56.0 Å². The summed E-state index contributed by atoms with van der Waals surface area (Å²) in [7, 11) is 0. The molecule has 0 bridgehead atoms. The lowest BCUT2D eigenvalue weighted by molar-refractivity contribution is -0.192. The van der Waals surface area contributed by atoms with Crippen LogP contribution in [-0.4, -0.2) is 55.1 Å². The molecule has 1 unspecified atom stereocenters. The number of pyridine rings is 1. The second kappa shape index (κ2) is 12.5. The number of aliphatic hydroxyl groups excluding tert-OH is 1. The van der Waals surface area contributed by atoms with E-state index in [2.05, 4.69) is 20.7 Å². The lowest BCUT2D eigenvalue weighted by atomic mass is 10.0. The number of aliphatic hydroxyl groups is 1. The van der Waals surface area contributed by atoms with Crippen LogP contribution in [0.4, 0.5) is 18.9 Å². The Balaban J connectivity index is 0.000000479. The van der Waals surface area contributed by atoms with Gasteiger partial charge >= 0.3 is 12.1 Å². The molecule has 198 valence electrons. The van der Waals surface area contributed by atoms with Crippen LogP contribution in [-0.2, 0) is 16.0 Å². The summed E-state index contributed by atoms with van der Waals surface area (Å²) in [4.78, 5) is 25.4. The van der Waals surface area contributed by atoms with Crippen molar-refractivity contribution in [3.63, 3.8) is 0 Å². The van der Waals surface area contributed by atoms with Crippen LogP contribution in [0, 0.1) is 0 Å². The zero-order chi connectivity index (χ0) is 27.0. The van der Waals surface area contributed by atoms with Crippen molar-refractivity contribution in [2.45, 2.75) is 56.6 Å². The second-order valence-electron chi connectivity index (χ2n) is 8.63. The van der Waals surface area contributed by atoms with Crippen molar-refractivity contribution in [1.82, 2.24) is 20.1 Å². The normalized spacial score (nSPS) is 18.8. The van der Waals surface area contributed by atoms with Gasteiger partial charge in [0.15, 0.2) is 0 Å². The standard InChI is InChI=1S/C23H27N5O2.C2HF3O2/c1-16(28-13-3-12-25-28)23(30)27-19-7-5-17(6-8-19)14-20-9-10-21(26-20)22(29)18-4-2-11-24-15-18;3-2(4,5)1(6)7/h2-8,11-13,15-16,20-22,26,29H,9-10,14H2,1H3,(H,27,30);(H,6,7)/t16?,20-,21+,22+;/m0./s1. The maximum absolute atomic E-state index is 12.4. The van der Waals surface area contributed by atoms with Gasteiger partial charge in [0.25, 0.3) is 0 Å². The Morgan fingerprint density at radius 1 is 1.16 bits per heavy atom. The third-order valence-electron chi connectivity index (χ3n) is 5.93. The number of hydrogen-bond donors (Lipinski definition) is 4. The Bertz CT molecular complexity index is 1140. The summed E-state index contributed by atoms with van der Waals surface area (Å²) in [5.74, 6) is -2.86. The maximum atomic E-state index is 12.4. The molecule has 4 rings (SSSR count). The Labute approximate surface area is 211 Å². The summed E-state index contributed by atoms with van der Waals surface area (Å²) in [6.07, 6.45) is 4.08. The van der Waals surface area contributed by atoms with E-state index in [1.807, 2.05) is 43.3 Å². The highest BCUT2D eigenvalue weighted by Gasteiger charge is 2.38. The minimum Gasteiger partial charge on any atom is -0.475 e. The van der Waals surface area contributed by atoms with E-state index in [1.54, 1.807) is 35.5 Å². The van der Waals surface area contributed by atoms with Gasteiger partial charge in [-0.3, -0.25) is 14.5 Å². The summed E-state index contributed by atoms with van der Waals surface area (Å²) >= 11 is 0. The predicted molar refractivity (Wildman–Crippen MR) is 129 cm³/mol. The van der Waals surface area contributed by atoms with Crippen LogP contribution < -0.4 is 10.6 Å². The van der Waals surface area contributed by atoms with Gasteiger partial charge in [-0.25, -0.2) is 4.79 Å². The first-order valence-electron chi connectivity index (χ1n) is 11.6. The second-order valence-corrected chi connectivity index (χ2v) is 8.63. The van der Waals surface area contributed by atoms with E-state index < -0.39 is 18.2 Å². The fourth-order valence-corrected chi connectivity index (χ4v) is 3.93. The third kappa shape index (κ3) is 8.12. The van der Waals surface area contributed by atoms with Crippen molar-refractivity contribution >= 4 is 17.6 Å². The summed E-state index contributed by atoms with van der Waals surface area (Å²) in [6, 6.07) is 13.5. The van der Waals surface area contributed by atoms with Crippen molar-refractivity contribution in [2.24, 2.45) is 0 Å². The fourth-order valence-electron chi connectivity index (χ4n) is 3.93. The van der Waals surface area contributed by atoms with E-state index in [0.29, 0.717) is 6.04 Å². The Kier molecular flexibility index (Phi) is 9.36. The molecule has 37 heavy (non-hydrogen) atoms. The summed E-state index contributed by atoms with van der Waals surface area (Å²) in [6.45, 7) is 1.82. The van der Waals surface area contributed by atoms with Crippen LogP contribution in [0.5, 0.6) is 0 Å². The number of carbonyl (C=O) groups excluding carboxylic acids is 1. The number of nitrogens with zero attached hydrogens (tertiary/aromatic N) is 3. The van der Waals surface area contributed by atoms with Crippen LogP contribution in [0.2, 0.25) is 0 Å². The van der Waals surface area contributed by atoms with E-state index >= 15 is 0 Å². The highest BCUT2D eigenvalue weighted by molar-refractivity contribution is 5.93. The van der Waals surface area contributed by atoms with Crippen molar-refractivity contribution in [3.05, 3.63) is 78.4 Å². The van der Waals surface area contributed by atoms with E-state index in [1.165, 1.54) is 5.56 Å². The van der Waals surface area contributed by atoms with Crippen molar-refractivity contribution in [1.29, 1.82) is 0 Å². The summed E-state index contributed by atoms with van der Waals surface area (Å²) < 4.78 is 33.4. The summed E-state index contributed by atoms with van der Waals surface area (Å²) in [5, 5.41) is 28.3. The molecule has 4 atom stereocenters. The Morgan fingerprint density at radius 3 is 2.43 bits per heavy atom. The molecule has 1 amide bonds. The first-order chi connectivity index (χ1) is 17.5. The zero-order valence-corrected chi connectivity index (χ0v) is 20.0. The number of benzene rings is 1. The molecular formula is C25H28F3N5O4. The van der Waals surface area contributed by atoms with Crippen molar-refractivity contribution < 1.29 is 33.0 Å². The molecule has 3 aromatic rings. The number of alkyl halides is 3. The molecule has 2 aromatic heterocycles.